The zero-order chi connectivity index (χ0) is 13.8. The number of nitrogens with zero attached hydrogens (tertiary/aromatic N) is 1. The average molecular weight is 271 g/mol. The van der Waals surface area contributed by atoms with Crippen molar-refractivity contribution in [3.05, 3.63) is 24.3 Å². The smallest absolute Gasteiger partial charge is 0.242 e. The standard InChI is InChI=1S/C12H21N3O2S/c1-10(8-9-13)15(3)11-6-4-5-7-12(11)18(16,17)14-2/h4-7,10,14H,8-9,13H2,1-3H3. The van der Waals surface area contributed by atoms with E-state index in [0.29, 0.717) is 17.1 Å². The third-order valence-electron chi connectivity index (χ3n) is 3.05. The predicted octanol–water partition coefficient (Wildman–Crippen LogP) is 0.768. The maximum atomic E-state index is 11.9. The Morgan fingerprint density at radius 3 is 2.56 bits per heavy atom. The van der Waals surface area contributed by atoms with E-state index in [-0.39, 0.29) is 6.04 Å². The first kappa shape index (κ1) is 14.9. The molecule has 0 aliphatic carbocycles. The van der Waals surface area contributed by atoms with Crippen molar-refractivity contribution in [3.8, 4) is 0 Å². The number of nitrogens with two attached hydrogens (primary N) is 1. The summed E-state index contributed by atoms with van der Waals surface area (Å²) in [5.41, 5.74) is 6.23. The van der Waals surface area contributed by atoms with Gasteiger partial charge in [0.05, 0.1) is 5.69 Å². The Hall–Kier alpha value is -1.11. The van der Waals surface area contributed by atoms with Crippen LogP contribution in [0.25, 0.3) is 0 Å². The van der Waals surface area contributed by atoms with Crippen molar-refractivity contribution in [2.75, 3.05) is 25.5 Å². The van der Waals surface area contributed by atoms with E-state index in [1.807, 2.05) is 24.9 Å². The predicted molar refractivity (Wildman–Crippen MR) is 74.2 cm³/mol. The van der Waals surface area contributed by atoms with Crippen LogP contribution >= 0.6 is 0 Å². The van der Waals surface area contributed by atoms with E-state index in [2.05, 4.69) is 4.72 Å². The van der Waals surface area contributed by atoms with Gasteiger partial charge in [0.15, 0.2) is 0 Å². The molecule has 1 rings (SSSR count). The topological polar surface area (TPSA) is 75.4 Å². The van der Waals surface area contributed by atoms with Gasteiger partial charge in [-0.25, -0.2) is 13.1 Å². The Labute approximate surface area is 109 Å². The van der Waals surface area contributed by atoms with E-state index in [1.165, 1.54) is 7.05 Å². The maximum Gasteiger partial charge on any atom is 0.242 e. The molecule has 0 heterocycles. The van der Waals surface area contributed by atoms with Gasteiger partial charge < -0.3 is 10.6 Å². The average Bonchev–Trinajstić information content (AvgIpc) is 2.38. The molecule has 0 bridgehead atoms. The second kappa shape index (κ2) is 6.17. The molecule has 1 aromatic carbocycles. The first-order chi connectivity index (χ1) is 8.44. The van der Waals surface area contributed by atoms with Gasteiger partial charge in [-0.05, 0) is 39.1 Å². The van der Waals surface area contributed by atoms with Crippen molar-refractivity contribution in [1.82, 2.24) is 4.72 Å². The van der Waals surface area contributed by atoms with Crippen LogP contribution in [0.3, 0.4) is 0 Å². The van der Waals surface area contributed by atoms with Crippen LogP contribution in [0.2, 0.25) is 0 Å². The molecule has 1 unspecified atom stereocenters. The highest BCUT2D eigenvalue weighted by Gasteiger charge is 2.20. The van der Waals surface area contributed by atoms with Crippen molar-refractivity contribution >= 4 is 15.7 Å². The molecular formula is C12H21N3O2S. The van der Waals surface area contributed by atoms with E-state index in [4.69, 9.17) is 5.73 Å². The lowest BCUT2D eigenvalue weighted by atomic mass is 10.2. The number of para-hydroxylation sites is 1. The molecule has 0 saturated heterocycles. The Morgan fingerprint density at radius 1 is 1.39 bits per heavy atom. The first-order valence-electron chi connectivity index (χ1n) is 5.89. The molecular weight excluding hydrogens is 250 g/mol. The zero-order valence-electron chi connectivity index (χ0n) is 11.1. The normalized spacial score (nSPS) is 13.3. The van der Waals surface area contributed by atoms with E-state index in [0.717, 1.165) is 6.42 Å². The fourth-order valence-electron chi connectivity index (χ4n) is 1.76. The fraction of sp³-hybridized carbons (Fsp3) is 0.500. The Balaban J connectivity index is 3.18. The molecule has 0 fully saturated rings. The Kier molecular flexibility index (Phi) is 5.13. The summed E-state index contributed by atoms with van der Waals surface area (Å²) >= 11 is 0. The number of nitrogens with one attached hydrogen (secondary N) is 1. The monoisotopic (exact) mass is 271 g/mol. The van der Waals surface area contributed by atoms with Crippen LogP contribution in [0.1, 0.15) is 13.3 Å². The van der Waals surface area contributed by atoms with E-state index in [9.17, 15) is 8.42 Å². The highest BCUT2D eigenvalue weighted by molar-refractivity contribution is 7.89. The SMILES string of the molecule is CNS(=O)(=O)c1ccccc1N(C)C(C)CCN. The molecule has 0 aliphatic rings. The van der Waals surface area contributed by atoms with Crippen LogP contribution in [-0.2, 0) is 10.0 Å². The van der Waals surface area contributed by atoms with Crippen LogP contribution in [0.5, 0.6) is 0 Å². The molecule has 1 aromatic rings. The number of sulfonamides is 1. The second-order valence-electron chi connectivity index (χ2n) is 4.21. The lowest BCUT2D eigenvalue weighted by molar-refractivity contribution is 0.585. The summed E-state index contributed by atoms with van der Waals surface area (Å²) in [6, 6.07) is 7.14. The maximum absolute atomic E-state index is 11.9. The zero-order valence-corrected chi connectivity index (χ0v) is 11.9. The van der Waals surface area contributed by atoms with Gasteiger partial charge in [0.2, 0.25) is 10.0 Å². The molecule has 5 nitrogen and oxygen atoms in total. The molecule has 0 saturated carbocycles. The fourth-order valence-corrected chi connectivity index (χ4v) is 2.72. The minimum atomic E-state index is -3.45. The lowest BCUT2D eigenvalue weighted by Crippen LogP contribution is -2.32. The van der Waals surface area contributed by atoms with Gasteiger partial charge in [-0.1, -0.05) is 12.1 Å². The summed E-state index contributed by atoms with van der Waals surface area (Å²) in [5, 5.41) is 0. The van der Waals surface area contributed by atoms with Gasteiger partial charge in [-0.3, -0.25) is 0 Å². The number of hydrogen-bond acceptors (Lipinski definition) is 4. The van der Waals surface area contributed by atoms with Gasteiger partial charge in [-0.2, -0.15) is 0 Å². The lowest BCUT2D eigenvalue weighted by Gasteiger charge is -2.28. The second-order valence-corrected chi connectivity index (χ2v) is 6.07. The van der Waals surface area contributed by atoms with Crippen molar-refractivity contribution in [2.45, 2.75) is 24.3 Å². The molecule has 0 radical (unpaired) electrons. The number of hydrogen-bond donors (Lipinski definition) is 2. The molecule has 0 amide bonds. The van der Waals surface area contributed by atoms with E-state index >= 15 is 0 Å². The van der Waals surface area contributed by atoms with Gasteiger partial charge in [-0.15, -0.1) is 0 Å². The molecule has 102 valence electrons. The minimum absolute atomic E-state index is 0.184. The number of anilines is 1. The van der Waals surface area contributed by atoms with Crippen LogP contribution in [0, 0.1) is 0 Å². The van der Waals surface area contributed by atoms with Crippen LogP contribution in [0.4, 0.5) is 5.69 Å². The van der Waals surface area contributed by atoms with Gasteiger partial charge in [0, 0.05) is 13.1 Å². The van der Waals surface area contributed by atoms with Crippen molar-refractivity contribution in [1.29, 1.82) is 0 Å². The third kappa shape index (κ3) is 3.22. The summed E-state index contributed by atoms with van der Waals surface area (Å²) in [6.45, 7) is 2.60. The molecule has 0 aromatic heterocycles. The van der Waals surface area contributed by atoms with Crippen molar-refractivity contribution in [3.63, 3.8) is 0 Å². The number of benzene rings is 1. The first-order valence-corrected chi connectivity index (χ1v) is 7.37. The largest absolute Gasteiger partial charge is 0.371 e. The minimum Gasteiger partial charge on any atom is -0.371 e. The van der Waals surface area contributed by atoms with Crippen LogP contribution < -0.4 is 15.4 Å². The summed E-state index contributed by atoms with van der Waals surface area (Å²) in [5.74, 6) is 0. The Bertz CT molecular complexity index is 488. The quantitative estimate of drug-likeness (QED) is 0.801. The third-order valence-corrected chi connectivity index (χ3v) is 4.51. The number of rotatable bonds is 6. The molecule has 0 spiro atoms. The molecule has 18 heavy (non-hydrogen) atoms. The van der Waals surface area contributed by atoms with Crippen LogP contribution in [0.15, 0.2) is 29.2 Å². The molecule has 1 atom stereocenters. The van der Waals surface area contributed by atoms with Gasteiger partial charge in [0.25, 0.3) is 0 Å². The molecule has 3 N–H and O–H groups in total. The van der Waals surface area contributed by atoms with E-state index in [1.54, 1.807) is 18.2 Å². The summed E-state index contributed by atoms with van der Waals surface area (Å²) in [7, 11) is -0.154. The van der Waals surface area contributed by atoms with Crippen LogP contribution in [-0.4, -0.2) is 35.1 Å². The van der Waals surface area contributed by atoms with Crippen molar-refractivity contribution in [2.24, 2.45) is 5.73 Å². The highest BCUT2D eigenvalue weighted by Crippen LogP contribution is 2.25. The van der Waals surface area contributed by atoms with Gasteiger partial charge >= 0.3 is 0 Å². The summed E-state index contributed by atoms with van der Waals surface area (Å²) in [6.07, 6.45) is 0.810. The Morgan fingerprint density at radius 2 is 2.00 bits per heavy atom. The summed E-state index contributed by atoms with van der Waals surface area (Å²) < 4.78 is 26.2. The van der Waals surface area contributed by atoms with Gasteiger partial charge in [0.1, 0.15) is 4.90 Å². The molecule has 0 aliphatic heterocycles. The van der Waals surface area contributed by atoms with Crippen molar-refractivity contribution < 1.29 is 8.42 Å². The summed E-state index contributed by atoms with van der Waals surface area (Å²) in [4.78, 5) is 2.23. The molecule has 6 heteroatoms. The highest BCUT2D eigenvalue weighted by atomic mass is 32.2. The van der Waals surface area contributed by atoms with E-state index < -0.39 is 10.0 Å².